The lowest BCUT2D eigenvalue weighted by molar-refractivity contribution is -0.122. The zero-order valence-electron chi connectivity index (χ0n) is 13.1. The highest BCUT2D eigenvalue weighted by molar-refractivity contribution is 7.99. The standard InChI is InChI=1S/C16H21N3S.CH2O2/c1-2-6-15(12-19-9-4-8-18-19)14(5-1)11-17-16-7-3-10-20-13-16;2-1-3/h1-2,4-6,8-9,16-17H,3,7,10-13H2;1H,(H,2,3). The molecule has 2 aromatic rings. The first-order valence-corrected chi connectivity index (χ1v) is 8.92. The van der Waals surface area contributed by atoms with Crippen molar-refractivity contribution in [2.45, 2.75) is 32.0 Å². The van der Waals surface area contributed by atoms with Crippen LogP contribution in [0.25, 0.3) is 0 Å². The summed E-state index contributed by atoms with van der Waals surface area (Å²) in [7, 11) is 0. The minimum absolute atomic E-state index is 0.250. The van der Waals surface area contributed by atoms with Crippen LogP contribution in [0.5, 0.6) is 0 Å². The number of rotatable bonds is 5. The van der Waals surface area contributed by atoms with Crippen molar-refractivity contribution in [3.05, 3.63) is 53.9 Å². The lowest BCUT2D eigenvalue weighted by Gasteiger charge is -2.23. The number of carboxylic acid groups (broad SMARTS) is 1. The Balaban J connectivity index is 0.000000595. The molecular formula is C17H23N3O2S. The molecule has 23 heavy (non-hydrogen) atoms. The molecule has 1 aliphatic rings. The van der Waals surface area contributed by atoms with Crippen molar-refractivity contribution in [1.82, 2.24) is 15.1 Å². The summed E-state index contributed by atoms with van der Waals surface area (Å²) in [6.07, 6.45) is 6.51. The van der Waals surface area contributed by atoms with Crippen LogP contribution in [0, 0.1) is 0 Å². The second kappa shape index (κ2) is 10.1. The molecular weight excluding hydrogens is 310 g/mol. The molecule has 2 N–H and O–H groups in total. The SMILES string of the molecule is O=CO.c1ccc(Cn2cccn2)c(CNC2CCCSC2)c1. The maximum absolute atomic E-state index is 8.36. The van der Waals surface area contributed by atoms with Crippen LogP contribution in [0.1, 0.15) is 24.0 Å². The van der Waals surface area contributed by atoms with Gasteiger partial charge in [0.05, 0.1) is 6.54 Å². The fraction of sp³-hybridized carbons (Fsp3) is 0.412. The molecule has 124 valence electrons. The van der Waals surface area contributed by atoms with Crippen LogP contribution in [0.15, 0.2) is 42.7 Å². The van der Waals surface area contributed by atoms with Gasteiger partial charge < -0.3 is 10.4 Å². The largest absolute Gasteiger partial charge is 0.483 e. The molecule has 6 heteroatoms. The second-order valence-electron chi connectivity index (χ2n) is 5.37. The van der Waals surface area contributed by atoms with Crippen LogP contribution >= 0.6 is 11.8 Å². The van der Waals surface area contributed by atoms with Gasteiger partial charge in [0.2, 0.25) is 0 Å². The van der Waals surface area contributed by atoms with E-state index >= 15 is 0 Å². The van der Waals surface area contributed by atoms with E-state index in [1.165, 1.54) is 35.5 Å². The Hall–Kier alpha value is -1.79. The van der Waals surface area contributed by atoms with Crippen molar-refractivity contribution < 1.29 is 9.90 Å². The molecule has 1 aromatic carbocycles. The molecule has 1 saturated heterocycles. The summed E-state index contributed by atoms with van der Waals surface area (Å²) < 4.78 is 1.98. The number of benzene rings is 1. The van der Waals surface area contributed by atoms with Gasteiger partial charge in [-0.25, -0.2) is 0 Å². The summed E-state index contributed by atoms with van der Waals surface area (Å²) in [5.41, 5.74) is 2.74. The van der Waals surface area contributed by atoms with E-state index in [9.17, 15) is 0 Å². The number of nitrogens with zero attached hydrogens (tertiary/aromatic N) is 2. The molecule has 2 heterocycles. The first-order chi connectivity index (χ1) is 11.3. The normalized spacial score (nSPS) is 17.1. The molecule has 0 spiro atoms. The van der Waals surface area contributed by atoms with Crippen LogP contribution in [0.2, 0.25) is 0 Å². The van der Waals surface area contributed by atoms with Gasteiger partial charge in [0.15, 0.2) is 0 Å². The molecule has 1 fully saturated rings. The monoisotopic (exact) mass is 333 g/mol. The summed E-state index contributed by atoms with van der Waals surface area (Å²) in [4.78, 5) is 8.36. The number of thioether (sulfide) groups is 1. The van der Waals surface area contributed by atoms with Crippen LogP contribution < -0.4 is 5.32 Å². The Morgan fingerprint density at radius 1 is 1.35 bits per heavy atom. The third-order valence-electron chi connectivity index (χ3n) is 3.75. The van der Waals surface area contributed by atoms with Crippen molar-refractivity contribution in [3.63, 3.8) is 0 Å². The number of hydrogen-bond donors (Lipinski definition) is 2. The highest BCUT2D eigenvalue weighted by atomic mass is 32.2. The van der Waals surface area contributed by atoms with Crippen LogP contribution in [0.3, 0.4) is 0 Å². The van der Waals surface area contributed by atoms with Gasteiger partial charge in [0.25, 0.3) is 6.47 Å². The molecule has 0 bridgehead atoms. The van der Waals surface area contributed by atoms with Gasteiger partial charge in [0, 0.05) is 30.7 Å². The Bertz CT molecular complexity index is 569. The van der Waals surface area contributed by atoms with Gasteiger partial charge >= 0.3 is 0 Å². The minimum atomic E-state index is -0.250. The fourth-order valence-corrected chi connectivity index (χ4v) is 3.72. The van der Waals surface area contributed by atoms with Crippen LogP contribution in [0.4, 0.5) is 0 Å². The van der Waals surface area contributed by atoms with E-state index in [0.29, 0.717) is 6.04 Å². The van der Waals surface area contributed by atoms with E-state index in [1.807, 2.05) is 23.1 Å². The third-order valence-corrected chi connectivity index (χ3v) is 4.97. The molecule has 1 unspecified atom stereocenters. The maximum Gasteiger partial charge on any atom is 0.290 e. The van der Waals surface area contributed by atoms with Crippen molar-refractivity contribution >= 4 is 18.2 Å². The molecule has 0 radical (unpaired) electrons. The zero-order valence-corrected chi connectivity index (χ0v) is 13.9. The molecule has 3 rings (SSSR count). The highest BCUT2D eigenvalue weighted by Gasteiger charge is 2.13. The van der Waals surface area contributed by atoms with Gasteiger partial charge in [-0.05, 0) is 35.8 Å². The van der Waals surface area contributed by atoms with Gasteiger partial charge in [0.1, 0.15) is 0 Å². The maximum atomic E-state index is 8.36. The Labute approximate surface area is 141 Å². The molecule has 0 aliphatic carbocycles. The van der Waals surface area contributed by atoms with Crippen molar-refractivity contribution in [2.24, 2.45) is 0 Å². The summed E-state index contributed by atoms with van der Waals surface area (Å²) in [6.45, 7) is 1.56. The average molecular weight is 333 g/mol. The number of aromatic nitrogens is 2. The fourth-order valence-electron chi connectivity index (χ4n) is 2.61. The van der Waals surface area contributed by atoms with E-state index in [-0.39, 0.29) is 6.47 Å². The van der Waals surface area contributed by atoms with Crippen molar-refractivity contribution in [3.8, 4) is 0 Å². The van der Waals surface area contributed by atoms with Crippen molar-refractivity contribution in [1.29, 1.82) is 0 Å². The van der Waals surface area contributed by atoms with Gasteiger partial charge in [-0.2, -0.15) is 16.9 Å². The third kappa shape index (κ3) is 6.08. The Morgan fingerprint density at radius 3 is 2.78 bits per heavy atom. The quantitative estimate of drug-likeness (QED) is 0.823. The summed E-state index contributed by atoms with van der Waals surface area (Å²) >= 11 is 2.07. The smallest absolute Gasteiger partial charge is 0.290 e. The highest BCUT2D eigenvalue weighted by Crippen LogP contribution is 2.18. The van der Waals surface area contributed by atoms with E-state index < -0.39 is 0 Å². The predicted molar refractivity (Wildman–Crippen MR) is 93.7 cm³/mol. The molecule has 0 amide bonds. The van der Waals surface area contributed by atoms with Gasteiger partial charge in [-0.15, -0.1) is 0 Å². The molecule has 5 nitrogen and oxygen atoms in total. The molecule has 1 atom stereocenters. The van der Waals surface area contributed by atoms with Gasteiger partial charge in [-0.1, -0.05) is 24.3 Å². The summed E-state index contributed by atoms with van der Waals surface area (Å²) in [5.74, 6) is 2.58. The number of hydrogen-bond acceptors (Lipinski definition) is 4. The van der Waals surface area contributed by atoms with Crippen LogP contribution in [-0.4, -0.2) is 38.9 Å². The topological polar surface area (TPSA) is 67.1 Å². The average Bonchev–Trinajstić information content (AvgIpc) is 3.09. The van der Waals surface area contributed by atoms with E-state index in [1.54, 1.807) is 0 Å². The van der Waals surface area contributed by atoms with E-state index in [4.69, 9.17) is 9.90 Å². The Kier molecular flexibility index (Phi) is 7.69. The summed E-state index contributed by atoms with van der Waals surface area (Å²) in [6, 6.07) is 11.3. The first kappa shape index (κ1) is 17.6. The first-order valence-electron chi connectivity index (χ1n) is 7.76. The molecule has 0 saturated carbocycles. The number of nitrogens with one attached hydrogen (secondary N) is 1. The van der Waals surface area contributed by atoms with Crippen molar-refractivity contribution in [2.75, 3.05) is 11.5 Å². The second-order valence-corrected chi connectivity index (χ2v) is 6.52. The van der Waals surface area contributed by atoms with Crippen LogP contribution in [-0.2, 0) is 17.9 Å². The molecule has 1 aromatic heterocycles. The number of carbonyl (C=O) groups is 1. The minimum Gasteiger partial charge on any atom is -0.483 e. The predicted octanol–water partition coefficient (Wildman–Crippen LogP) is 2.62. The lowest BCUT2D eigenvalue weighted by atomic mass is 10.1. The van der Waals surface area contributed by atoms with E-state index in [0.717, 1.165) is 13.1 Å². The summed E-state index contributed by atoms with van der Waals surface area (Å²) in [5, 5.41) is 14.9. The Morgan fingerprint density at radius 2 is 2.13 bits per heavy atom. The van der Waals surface area contributed by atoms with Gasteiger partial charge in [-0.3, -0.25) is 9.48 Å². The zero-order chi connectivity index (χ0) is 16.3. The van der Waals surface area contributed by atoms with E-state index in [2.05, 4.69) is 46.4 Å². The lowest BCUT2D eigenvalue weighted by Crippen LogP contribution is -2.33. The molecule has 1 aliphatic heterocycles.